The zero-order valence-corrected chi connectivity index (χ0v) is 19.5. The molecule has 0 spiro atoms. The van der Waals surface area contributed by atoms with Gasteiger partial charge in [-0.3, -0.25) is 9.55 Å². The van der Waals surface area contributed by atoms with Crippen molar-refractivity contribution in [3.63, 3.8) is 0 Å². The normalized spacial score (nSPS) is 10.8. The lowest BCUT2D eigenvalue weighted by Gasteiger charge is -2.15. The van der Waals surface area contributed by atoms with Gasteiger partial charge in [0, 0.05) is 29.4 Å². The van der Waals surface area contributed by atoms with E-state index in [1.165, 1.54) is 0 Å². The van der Waals surface area contributed by atoms with Crippen LogP contribution in [0.15, 0.2) is 59.8 Å². The summed E-state index contributed by atoms with van der Waals surface area (Å²) in [5.41, 5.74) is 3.68. The van der Waals surface area contributed by atoms with E-state index >= 15 is 0 Å². The van der Waals surface area contributed by atoms with Crippen LogP contribution in [0.4, 0.5) is 23.1 Å². The van der Waals surface area contributed by atoms with Crippen LogP contribution in [0.5, 0.6) is 17.2 Å². The summed E-state index contributed by atoms with van der Waals surface area (Å²) in [6, 6.07) is 9.35. The third-order valence-electron chi connectivity index (χ3n) is 5.03. The van der Waals surface area contributed by atoms with E-state index in [0.29, 0.717) is 45.9 Å². The molecule has 0 aliphatic carbocycles. The maximum atomic E-state index is 5.48. The van der Waals surface area contributed by atoms with Gasteiger partial charge in [0.25, 0.3) is 0 Å². The molecule has 4 aromatic heterocycles. The number of imidazole rings is 1. The predicted molar refractivity (Wildman–Crippen MR) is 131 cm³/mol. The number of ether oxygens (including phenoxy) is 3. The number of anilines is 4. The summed E-state index contributed by atoms with van der Waals surface area (Å²) in [5.74, 6) is 2.45. The molecule has 0 unspecified atom stereocenters. The second kappa shape index (κ2) is 9.24. The molecular weight excluding hydrogens is 454 g/mol. The average Bonchev–Trinajstić information content (AvgIpc) is 3.54. The minimum Gasteiger partial charge on any atom is -0.493 e. The largest absolute Gasteiger partial charge is 0.493 e. The lowest BCUT2D eigenvalue weighted by atomic mass is 10.2. The maximum Gasteiger partial charge on any atom is 0.231 e. The van der Waals surface area contributed by atoms with Crippen LogP contribution in [-0.2, 0) is 0 Å². The quantitative estimate of drug-likeness (QED) is 0.328. The van der Waals surface area contributed by atoms with E-state index in [-0.39, 0.29) is 0 Å². The Bertz CT molecular complexity index is 1400. The highest BCUT2D eigenvalue weighted by atomic mass is 32.1. The molecule has 0 atom stereocenters. The molecule has 0 bridgehead atoms. The molecule has 0 saturated heterocycles. The van der Waals surface area contributed by atoms with Gasteiger partial charge in [0.15, 0.2) is 28.5 Å². The SMILES string of the molecule is COc1cc(Nc2nc(Nc3cccnc3)nc3c2ncn3-c2ccsc2)cc(OC)c1OC. The Morgan fingerprint density at radius 3 is 2.41 bits per heavy atom. The third-order valence-corrected chi connectivity index (χ3v) is 5.70. The molecule has 5 rings (SSSR count). The maximum absolute atomic E-state index is 5.48. The van der Waals surface area contributed by atoms with E-state index in [0.717, 1.165) is 11.4 Å². The van der Waals surface area contributed by atoms with Crippen molar-refractivity contribution in [2.45, 2.75) is 0 Å². The number of thiophene rings is 1. The molecule has 1 aromatic carbocycles. The molecule has 0 radical (unpaired) electrons. The Kier molecular flexibility index (Phi) is 5.83. The van der Waals surface area contributed by atoms with Crippen molar-refractivity contribution >= 4 is 45.6 Å². The highest BCUT2D eigenvalue weighted by Crippen LogP contribution is 2.41. The summed E-state index contributed by atoms with van der Waals surface area (Å²) in [6.07, 6.45) is 5.14. The van der Waals surface area contributed by atoms with Gasteiger partial charge in [0.1, 0.15) is 6.33 Å². The van der Waals surface area contributed by atoms with E-state index in [9.17, 15) is 0 Å². The van der Waals surface area contributed by atoms with Crippen LogP contribution in [-0.4, -0.2) is 45.8 Å². The minimum atomic E-state index is 0.396. The van der Waals surface area contributed by atoms with Gasteiger partial charge >= 0.3 is 0 Å². The number of nitrogens with one attached hydrogen (secondary N) is 2. The van der Waals surface area contributed by atoms with Crippen LogP contribution in [0, 0.1) is 0 Å². The molecule has 0 aliphatic heterocycles. The van der Waals surface area contributed by atoms with Gasteiger partial charge in [0.2, 0.25) is 11.7 Å². The molecule has 10 nitrogen and oxygen atoms in total. The zero-order chi connectivity index (χ0) is 23.5. The Balaban J connectivity index is 1.62. The molecule has 5 aromatic rings. The molecule has 34 heavy (non-hydrogen) atoms. The number of hydrogen-bond acceptors (Lipinski definition) is 10. The van der Waals surface area contributed by atoms with E-state index in [2.05, 4.69) is 20.6 Å². The summed E-state index contributed by atoms with van der Waals surface area (Å²) in [6.45, 7) is 0. The Morgan fingerprint density at radius 1 is 0.941 bits per heavy atom. The van der Waals surface area contributed by atoms with Crippen LogP contribution in [0.2, 0.25) is 0 Å². The smallest absolute Gasteiger partial charge is 0.231 e. The first-order valence-electron chi connectivity index (χ1n) is 10.2. The van der Waals surface area contributed by atoms with Crippen molar-refractivity contribution in [2.75, 3.05) is 32.0 Å². The van der Waals surface area contributed by atoms with Crippen molar-refractivity contribution < 1.29 is 14.2 Å². The van der Waals surface area contributed by atoms with Crippen LogP contribution in [0.25, 0.3) is 16.9 Å². The lowest BCUT2D eigenvalue weighted by Crippen LogP contribution is -2.04. The number of fused-ring (bicyclic) bond motifs is 1. The first-order chi connectivity index (χ1) is 16.7. The molecule has 172 valence electrons. The molecule has 11 heteroatoms. The highest BCUT2D eigenvalue weighted by molar-refractivity contribution is 7.08. The zero-order valence-electron chi connectivity index (χ0n) is 18.6. The number of hydrogen-bond donors (Lipinski definition) is 2. The van der Waals surface area contributed by atoms with Crippen molar-refractivity contribution in [1.82, 2.24) is 24.5 Å². The summed E-state index contributed by atoms with van der Waals surface area (Å²) in [5, 5.41) is 10.6. The van der Waals surface area contributed by atoms with Crippen molar-refractivity contribution in [1.29, 1.82) is 0 Å². The fraction of sp³-hybridized carbons (Fsp3) is 0.130. The number of rotatable bonds is 8. The summed E-state index contributed by atoms with van der Waals surface area (Å²) in [7, 11) is 4.71. The van der Waals surface area contributed by atoms with Gasteiger partial charge in [-0.2, -0.15) is 21.3 Å². The van der Waals surface area contributed by atoms with E-state index in [1.54, 1.807) is 63.5 Å². The molecule has 0 fully saturated rings. The number of nitrogens with zero attached hydrogens (tertiary/aromatic N) is 5. The average molecular weight is 476 g/mol. The summed E-state index contributed by atoms with van der Waals surface area (Å²) >= 11 is 1.60. The highest BCUT2D eigenvalue weighted by Gasteiger charge is 2.18. The fourth-order valence-electron chi connectivity index (χ4n) is 3.48. The first kappa shape index (κ1) is 21.5. The van der Waals surface area contributed by atoms with Gasteiger partial charge in [-0.15, -0.1) is 0 Å². The third kappa shape index (κ3) is 4.04. The molecule has 2 N–H and O–H groups in total. The van der Waals surface area contributed by atoms with Crippen molar-refractivity contribution in [3.8, 4) is 22.9 Å². The van der Waals surface area contributed by atoms with Gasteiger partial charge < -0.3 is 24.8 Å². The van der Waals surface area contributed by atoms with Crippen LogP contribution < -0.4 is 24.8 Å². The minimum absolute atomic E-state index is 0.396. The van der Waals surface area contributed by atoms with Gasteiger partial charge in [-0.25, -0.2) is 4.98 Å². The fourth-order valence-corrected chi connectivity index (χ4v) is 4.11. The molecule has 4 heterocycles. The van der Waals surface area contributed by atoms with Crippen LogP contribution >= 0.6 is 11.3 Å². The van der Waals surface area contributed by atoms with Crippen LogP contribution in [0.1, 0.15) is 0 Å². The number of benzene rings is 1. The lowest BCUT2D eigenvalue weighted by molar-refractivity contribution is 0.324. The molecule has 0 amide bonds. The Labute approximate surface area is 199 Å². The predicted octanol–water partition coefficient (Wildman–Crippen LogP) is 4.79. The number of pyridine rings is 1. The molecule has 0 saturated carbocycles. The van der Waals surface area contributed by atoms with E-state index < -0.39 is 0 Å². The second-order valence-corrected chi connectivity index (χ2v) is 7.85. The summed E-state index contributed by atoms with van der Waals surface area (Å²) < 4.78 is 18.3. The molecule has 0 aliphatic rings. The first-order valence-corrected chi connectivity index (χ1v) is 11.2. The topological polar surface area (TPSA) is 108 Å². The van der Waals surface area contributed by atoms with Gasteiger partial charge in [0.05, 0.1) is 38.9 Å². The van der Waals surface area contributed by atoms with E-state index in [4.69, 9.17) is 24.2 Å². The van der Waals surface area contributed by atoms with Crippen molar-refractivity contribution in [2.24, 2.45) is 0 Å². The summed E-state index contributed by atoms with van der Waals surface area (Å²) in [4.78, 5) is 18.2. The van der Waals surface area contributed by atoms with Crippen molar-refractivity contribution in [3.05, 3.63) is 59.8 Å². The molecular formula is C23H21N7O3S. The standard InChI is InChI=1S/C23H21N7O3S/c1-31-17-9-15(10-18(32-2)20(17)33-3)26-21-19-22(30(13-25-19)16-6-8-34-12-16)29-23(28-21)27-14-5-4-7-24-11-14/h4-13H,1-3H3,(H2,26,27,28,29). The Morgan fingerprint density at radius 2 is 1.76 bits per heavy atom. The second-order valence-electron chi connectivity index (χ2n) is 7.07. The number of methoxy groups -OCH3 is 3. The van der Waals surface area contributed by atoms with Gasteiger partial charge in [-0.1, -0.05) is 0 Å². The van der Waals surface area contributed by atoms with E-state index in [1.807, 2.05) is 33.5 Å². The Hall–Kier alpha value is -4.38. The van der Waals surface area contributed by atoms with Crippen LogP contribution in [0.3, 0.4) is 0 Å². The monoisotopic (exact) mass is 475 g/mol. The number of aromatic nitrogens is 5. The van der Waals surface area contributed by atoms with Gasteiger partial charge in [-0.05, 0) is 23.6 Å².